The van der Waals surface area contributed by atoms with Crippen LogP contribution in [-0.2, 0) is 0 Å². The molecule has 1 fully saturated rings. The highest BCUT2D eigenvalue weighted by molar-refractivity contribution is 5.53. The molecule has 0 amide bonds. The quantitative estimate of drug-likeness (QED) is 0.726. The summed E-state index contributed by atoms with van der Waals surface area (Å²) in [5.41, 5.74) is 6.48. The molecule has 0 heterocycles. The Morgan fingerprint density at radius 1 is 1.50 bits per heavy atom. The average molecular weight is 194 g/mol. The lowest BCUT2D eigenvalue weighted by atomic mass is 10.2. The Labute approximate surface area is 83.3 Å². The van der Waals surface area contributed by atoms with Crippen LogP contribution in [0.15, 0.2) is 18.2 Å². The second-order valence-corrected chi connectivity index (χ2v) is 4.01. The van der Waals surface area contributed by atoms with Crippen LogP contribution in [0, 0.1) is 11.7 Å². The van der Waals surface area contributed by atoms with Crippen LogP contribution in [0.5, 0.6) is 0 Å². The van der Waals surface area contributed by atoms with Crippen LogP contribution in [0.25, 0.3) is 0 Å². The largest absolute Gasteiger partial charge is 0.399 e. The standard InChI is InChI=1S/C11H15FN2/c1-7(8-2-3-8)14-11-5-4-9(13)6-10(11)12/h4-8,14H,2-3,13H2,1H3. The Hall–Kier alpha value is -1.25. The smallest absolute Gasteiger partial charge is 0.148 e. The monoisotopic (exact) mass is 194 g/mol. The molecule has 0 bridgehead atoms. The van der Waals surface area contributed by atoms with E-state index in [9.17, 15) is 4.39 Å². The minimum atomic E-state index is -0.266. The summed E-state index contributed by atoms with van der Waals surface area (Å²) >= 11 is 0. The predicted octanol–water partition coefficient (Wildman–Crippen LogP) is 2.62. The number of nitrogen functional groups attached to an aromatic ring is 1. The van der Waals surface area contributed by atoms with Crippen LogP contribution in [0.4, 0.5) is 15.8 Å². The summed E-state index contributed by atoms with van der Waals surface area (Å²) in [7, 11) is 0. The lowest BCUT2D eigenvalue weighted by Crippen LogP contribution is -2.18. The molecular weight excluding hydrogens is 179 g/mol. The van der Waals surface area contributed by atoms with Crippen LogP contribution >= 0.6 is 0 Å². The Balaban J connectivity index is 2.07. The Morgan fingerprint density at radius 2 is 2.21 bits per heavy atom. The molecule has 1 aliphatic rings. The van der Waals surface area contributed by atoms with Crippen molar-refractivity contribution in [2.75, 3.05) is 11.1 Å². The van der Waals surface area contributed by atoms with E-state index in [0.717, 1.165) is 0 Å². The first-order chi connectivity index (χ1) is 6.66. The summed E-state index contributed by atoms with van der Waals surface area (Å²) in [6.07, 6.45) is 2.51. The second-order valence-electron chi connectivity index (χ2n) is 4.01. The summed E-state index contributed by atoms with van der Waals surface area (Å²) in [6.45, 7) is 2.09. The third-order valence-corrected chi connectivity index (χ3v) is 2.71. The predicted molar refractivity (Wildman–Crippen MR) is 56.6 cm³/mol. The molecule has 1 saturated carbocycles. The van der Waals surface area contributed by atoms with Gasteiger partial charge in [-0.15, -0.1) is 0 Å². The zero-order valence-corrected chi connectivity index (χ0v) is 8.26. The maximum Gasteiger partial charge on any atom is 0.148 e. The van der Waals surface area contributed by atoms with Gasteiger partial charge in [0.2, 0.25) is 0 Å². The number of nitrogens with one attached hydrogen (secondary N) is 1. The molecule has 1 aromatic rings. The van der Waals surface area contributed by atoms with Crippen LogP contribution in [0.3, 0.4) is 0 Å². The van der Waals surface area contributed by atoms with Gasteiger partial charge in [0.15, 0.2) is 0 Å². The van der Waals surface area contributed by atoms with Gasteiger partial charge in [0, 0.05) is 11.7 Å². The number of rotatable bonds is 3. The first-order valence-corrected chi connectivity index (χ1v) is 4.98. The fourth-order valence-electron chi connectivity index (χ4n) is 1.61. The van der Waals surface area contributed by atoms with Crippen LogP contribution < -0.4 is 11.1 Å². The van der Waals surface area contributed by atoms with Gasteiger partial charge in [0.25, 0.3) is 0 Å². The molecular formula is C11H15FN2. The minimum Gasteiger partial charge on any atom is -0.399 e. The van der Waals surface area contributed by atoms with E-state index in [1.54, 1.807) is 12.1 Å². The highest BCUT2D eigenvalue weighted by atomic mass is 19.1. The van der Waals surface area contributed by atoms with E-state index in [1.165, 1.54) is 18.9 Å². The summed E-state index contributed by atoms with van der Waals surface area (Å²) in [5, 5.41) is 3.17. The molecule has 1 aliphatic carbocycles. The Bertz CT molecular complexity index is 334. The summed E-state index contributed by atoms with van der Waals surface area (Å²) < 4.78 is 13.4. The van der Waals surface area contributed by atoms with Crippen molar-refractivity contribution in [2.24, 2.45) is 5.92 Å². The molecule has 0 saturated heterocycles. The summed E-state index contributed by atoms with van der Waals surface area (Å²) in [5.74, 6) is 0.449. The zero-order chi connectivity index (χ0) is 10.1. The van der Waals surface area contributed by atoms with Crippen molar-refractivity contribution < 1.29 is 4.39 Å². The minimum absolute atomic E-state index is 0.266. The van der Waals surface area contributed by atoms with Gasteiger partial charge in [-0.05, 0) is 43.9 Å². The topological polar surface area (TPSA) is 38.0 Å². The van der Waals surface area contributed by atoms with Crippen LogP contribution in [-0.4, -0.2) is 6.04 Å². The molecule has 76 valence electrons. The third kappa shape index (κ3) is 1.97. The lowest BCUT2D eigenvalue weighted by molar-refractivity contribution is 0.620. The average Bonchev–Trinajstić information content (AvgIpc) is 2.92. The van der Waals surface area contributed by atoms with Crippen molar-refractivity contribution in [3.8, 4) is 0 Å². The van der Waals surface area contributed by atoms with Gasteiger partial charge in [-0.3, -0.25) is 0 Å². The molecule has 3 N–H and O–H groups in total. The maximum atomic E-state index is 13.4. The first-order valence-electron chi connectivity index (χ1n) is 4.98. The first kappa shape index (κ1) is 9.31. The number of nitrogens with two attached hydrogens (primary N) is 1. The molecule has 0 spiro atoms. The van der Waals surface area contributed by atoms with Crippen molar-refractivity contribution in [1.82, 2.24) is 0 Å². The van der Waals surface area contributed by atoms with Gasteiger partial charge in [0.1, 0.15) is 5.82 Å². The summed E-state index contributed by atoms with van der Waals surface area (Å²) in [4.78, 5) is 0. The van der Waals surface area contributed by atoms with E-state index in [-0.39, 0.29) is 5.82 Å². The number of hydrogen-bond donors (Lipinski definition) is 2. The lowest BCUT2D eigenvalue weighted by Gasteiger charge is -2.14. The van der Waals surface area contributed by atoms with Crippen molar-refractivity contribution in [3.05, 3.63) is 24.0 Å². The molecule has 2 nitrogen and oxygen atoms in total. The molecule has 3 heteroatoms. The molecule has 0 aliphatic heterocycles. The normalized spacial score (nSPS) is 17.9. The van der Waals surface area contributed by atoms with Crippen molar-refractivity contribution >= 4 is 11.4 Å². The van der Waals surface area contributed by atoms with Crippen molar-refractivity contribution in [1.29, 1.82) is 0 Å². The zero-order valence-electron chi connectivity index (χ0n) is 8.26. The number of benzene rings is 1. The van der Waals surface area contributed by atoms with Gasteiger partial charge in [0.05, 0.1) is 5.69 Å². The molecule has 0 aromatic heterocycles. The molecule has 1 atom stereocenters. The highest BCUT2D eigenvalue weighted by Crippen LogP contribution is 2.34. The third-order valence-electron chi connectivity index (χ3n) is 2.71. The molecule has 14 heavy (non-hydrogen) atoms. The number of anilines is 2. The van der Waals surface area contributed by atoms with Gasteiger partial charge in [-0.2, -0.15) is 0 Å². The van der Waals surface area contributed by atoms with Crippen molar-refractivity contribution in [2.45, 2.75) is 25.8 Å². The Kier molecular flexibility index (Phi) is 2.32. The van der Waals surface area contributed by atoms with E-state index in [2.05, 4.69) is 12.2 Å². The fraction of sp³-hybridized carbons (Fsp3) is 0.455. The number of hydrogen-bond acceptors (Lipinski definition) is 2. The molecule has 2 rings (SSSR count). The van der Waals surface area contributed by atoms with Crippen LogP contribution in [0.2, 0.25) is 0 Å². The summed E-state index contributed by atoms with van der Waals surface area (Å²) in [6, 6.07) is 5.12. The molecule has 1 unspecified atom stereocenters. The van der Waals surface area contributed by atoms with Gasteiger partial charge in [-0.1, -0.05) is 0 Å². The van der Waals surface area contributed by atoms with E-state index in [4.69, 9.17) is 5.73 Å². The van der Waals surface area contributed by atoms with Crippen molar-refractivity contribution in [3.63, 3.8) is 0 Å². The SMILES string of the molecule is CC(Nc1ccc(N)cc1F)C1CC1. The van der Waals surface area contributed by atoms with E-state index >= 15 is 0 Å². The van der Waals surface area contributed by atoms with E-state index in [1.807, 2.05) is 0 Å². The fourth-order valence-corrected chi connectivity index (χ4v) is 1.61. The number of halogens is 1. The maximum absolute atomic E-state index is 13.4. The Morgan fingerprint density at radius 3 is 2.79 bits per heavy atom. The second kappa shape index (κ2) is 3.48. The van der Waals surface area contributed by atoms with Gasteiger partial charge >= 0.3 is 0 Å². The van der Waals surface area contributed by atoms with E-state index < -0.39 is 0 Å². The molecule has 0 radical (unpaired) electrons. The van der Waals surface area contributed by atoms with Crippen LogP contribution in [0.1, 0.15) is 19.8 Å². The van der Waals surface area contributed by atoms with Gasteiger partial charge < -0.3 is 11.1 Å². The highest BCUT2D eigenvalue weighted by Gasteiger charge is 2.28. The van der Waals surface area contributed by atoms with E-state index in [0.29, 0.717) is 23.3 Å². The van der Waals surface area contributed by atoms with Gasteiger partial charge in [-0.25, -0.2) is 4.39 Å². The molecule has 1 aromatic carbocycles.